The van der Waals surface area contributed by atoms with Crippen molar-refractivity contribution >= 4 is 11.4 Å². The average Bonchev–Trinajstić information content (AvgIpc) is 3.80. The van der Waals surface area contributed by atoms with E-state index in [-0.39, 0.29) is 0 Å². The number of rotatable bonds is 14. The van der Waals surface area contributed by atoms with E-state index in [1.54, 1.807) is 0 Å². The third-order valence-corrected chi connectivity index (χ3v) is 10.0. The van der Waals surface area contributed by atoms with Crippen molar-refractivity contribution in [1.82, 2.24) is 0 Å². The summed E-state index contributed by atoms with van der Waals surface area (Å²) in [4.78, 5) is 5.02. The van der Waals surface area contributed by atoms with E-state index in [2.05, 4.69) is 102 Å². The van der Waals surface area contributed by atoms with Crippen LogP contribution in [0.2, 0.25) is 0 Å². The molecule has 7 rings (SSSR count). The maximum Gasteiger partial charge on any atom is 0.0984 e. The van der Waals surface area contributed by atoms with Crippen molar-refractivity contribution in [2.45, 2.75) is 91.6 Å². The lowest BCUT2D eigenvalue weighted by Crippen LogP contribution is -2.32. The molecule has 0 aromatic heterocycles. The quantitative estimate of drug-likeness (QED) is 0.171. The van der Waals surface area contributed by atoms with Gasteiger partial charge in [0.05, 0.1) is 50.8 Å². The van der Waals surface area contributed by atoms with E-state index >= 15 is 0 Å². The van der Waals surface area contributed by atoms with Gasteiger partial charge < -0.3 is 28.7 Å². The summed E-state index contributed by atoms with van der Waals surface area (Å²) in [6.07, 6.45) is 1.33. The second kappa shape index (κ2) is 12.6. The summed E-state index contributed by atoms with van der Waals surface area (Å²) in [7, 11) is 0. The van der Waals surface area contributed by atoms with Crippen LogP contribution in [0.25, 0.3) is 22.3 Å². The molecule has 246 valence electrons. The van der Waals surface area contributed by atoms with E-state index in [0.29, 0.717) is 36.3 Å². The van der Waals surface area contributed by atoms with Gasteiger partial charge in [0.2, 0.25) is 0 Å². The number of hydrogen-bond acceptors (Lipinski definition) is 6. The normalized spacial score (nSPS) is 22.8. The van der Waals surface area contributed by atoms with Crippen LogP contribution in [0.4, 0.5) is 11.4 Å². The van der Waals surface area contributed by atoms with Crippen LogP contribution < -0.4 is 9.80 Å². The molecule has 0 aliphatic carbocycles. The van der Waals surface area contributed by atoms with E-state index in [1.165, 1.54) is 67.0 Å². The van der Waals surface area contributed by atoms with E-state index < -0.39 is 0 Å². The van der Waals surface area contributed by atoms with Gasteiger partial charge in [-0.25, -0.2) is 0 Å². The number of anilines is 2. The minimum absolute atomic E-state index is 0.332. The largest absolute Gasteiger partial charge is 0.371 e. The Morgan fingerprint density at radius 1 is 0.522 bits per heavy atom. The minimum atomic E-state index is 0.332. The van der Waals surface area contributed by atoms with Crippen LogP contribution in [0.15, 0.2) is 36.4 Å². The summed E-state index contributed by atoms with van der Waals surface area (Å²) in [5.41, 5.74) is 16.1. The Kier molecular flexibility index (Phi) is 8.69. The molecule has 4 heterocycles. The summed E-state index contributed by atoms with van der Waals surface area (Å²) in [6.45, 7) is 25.6. The summed E-state index contributed by atoms with van der Waals surface area (Å²) in [5.74, 6) is 0.777. The van der Waals surface area contributed by atoms with E-state index in [1.807, 2.05) is 0 Å². The van der Waals surface area contributed by atoms with Gasteiger partial charge in [-0.15, -0.1) is 0 Å². The molecule has 4 unspecified atom stereocenters. The molecule has 6 nitrogen and oxygen atoms in total. The Morgan fingerprint density at radius 3 is 1.00 bits per heavy atom. The van der Waals surface area contributed by atoms with E-state index in [0.717, 1.165) is 52.6 Å². The second-order valence-corrected chi connectivity index (χ2v) is 14.9. The second-order valence-electron chi connectivity index (χ2n) is 14.9. The van der Waals surface area contributed by atoms with Gasteiger partial charge in [0.1, 0.15) is 0 Å². The summed E-state index contributed by atoms with van der Waals surface area (Å²) < 4.78 is 22.7. The Labute approximate surface area is 276 Å². The number of benzene rings is 3. The highest BCUT2D eigenvalue weighted by molar-refractivity contribution is 5.91. The van der Waals surface area contributed by atoms with Crippen LogP contribution >= 0.6 is 0 Å². The fourth-order valence-electron chi connectivity index (χ4n) is 7.61. The zero-order valence-electron chi connectivity index (χ0n) is 29.1. The average molecular weight is 625 g/mol. The Hall–Kier alpha value is -2.90. The van der Waals surface area contributed by atoms with Crippen molar-refractivity contribution in [3.8, 4) is 22.3 Å². The smallest absolute Gasteiger partial charge is 0.0984 e. The SMILES string of the molecule is Cc1cc(-c2c(C(C)C)ccc(C(C)C)c2-c2cc(C)c(N(CC3CO3)CC3CO3)c(C)c2)cc(C)c1N(CC1CO1)CC1CO1. The number of epoxide rings is 4. The Morgan fingerprint density at radius 2 is 0.783 bits per heavy atom. The van der Waals surface area contributed by atoms with Gasteiger partial charge in [-0.2, -0.15) is 0 Å². The molecule has 4 saturated heterocycles. The predicted molar refractivity (Wildman–Crippen MR) is 188 cm³/mol. The van der Waals surface area contributed by atoms with Crippen molar-refractivity contribution in [3.63, 3.8) is 0 Å². The first kappa shape index (κ1) is 31.7. The van der Waals surface area contributed by atoms with Gasteiger partial charge in [0.25, 0.3) is 0 Å². The molecule has 0 bridgehead atoms. The molecule has 4 aliphatic heterocycles. The highest BCUT2D eigenvalue weighted by atomic mass is 16.6. The zero-order chi connectivity index (χ0) is 32.3. The standard InChI is InChI=1S/C40H52N2O4/c1-23(2)35-9-10-36(24(3)4)38(30-13-27(7)40(28(8)14-30)42(17-33-21-45-33)18-34-22-46-34)37(35)29-11-25(5)39(26(6)12-29)41(15-31-19-43-31)16-32-20-44-32/h9-14,23-24,31-34H,15-22H2,1-8H3. The fraction of sp³-hybridized carbons (Fsp3) is 0.550. The van der Waals surface area contributed by atoms with Crippen LogP contribution in [-0.2, 0) is 18.9 Å². The van der Waals surface area contributed by atoms with Crippen LogP contribution in [0, 0.1) is 27.7 Å². The van der Waals surface area contributed by atoms with Gasteiger partial charge in [-0.3, -0.25) is 0 Å². The molecular weight excluding hydrogens is 572 g/mol. The molecule has 4 fully saturated rings. The summed E-state index contributed by atoms with van der Waals surface area (Å²) >= 11 is 0. The lowest BCUT2D eigenvalue weighted by atomic mass is 9.79. The first-order valence-corrected chi connectivity index (χ1v) is 17.4. The van der Waals surface area contributed by atoms with Crippen molar-refractivity contribution in [1.29, 1.82) is 0 Å². The van der Waals surface area contributed by atoms with Gasteiger partial charge in [0.15, 0.2) is 0 Å². The molecular formula is C40H52N2O4. The lowest BCUT2D eigenvalue weighted by molar-refractivity contribution is 0.388. The van der Waals surface area contributed by atoms with Crippen molar-refractivity contribution in [3.05, 3.63) is 69.8 Å². The van der Waals surface area contributed by atoms with Gasteiger partial charge >= 0.3 is 0 Å². The predicted octanol–water partition coefficient (Wildman–Crippen LogP) is 7.71. The number of hydrogen-bond donors (Lipinski definition) is 0. The third kappa shape index (κ3) is 6.87. The van der Waals surface area contributed by atoms with Crippen LogP contribution in [0.5, 0.6) is 0 Å². The molecule has 3 aromatic carbocycles. The Balaban J connectivity index is 1.35. The molecule has 0 spiro atoms. The lowest BCUT2D eigenvalue weighted by Gasteiger charge is -2.30. The molecule has 4 atom stereocenters. The number of ether oxygens (including phenoxy) is 4. The van der Waals surface area contributed by atoms with E-state index in [4.69, 9.17) is 18.9 Å². The molecule has 4 aliphatic rings. The molecule has 46 heavy (non-hydrogen) atoms. The van der Waals surface area contributed by atoms with Crippen molar-refractivity contribution < 1.29 is 18.9 Å². The van der Waals surface area contributed by atoms with Gasteiger partial charge in [-0.1, -0.05) is 39.8 Å². The Bertz CT molecular complexity index is 1400. The number of nitrogens with zero attached hydrogens (tertiary/aromatic N) is 2. The minimum Gasteiger partial charge on any atom is -0.371 e. The van der Waals surface area contributed by atoms with Crippen molar-refractivity contribution in [2.75, 3.05) is 62.4 Å². The maximum atomic E-state index is 5.67. The van der Waals surface area contributed by atoms with Crippen LogP contribution in [0.3, 0.4) is 0 Å². The first-order chi connectivity index (χ1) is 22.1. The number of aryl methyl sites for hydroxylation is 4. The topological polar surface area (TPSA) is 56.6 Å². The van der Waals surface area contributed by atoms with Crippen LogP contribution in [-0.4, -0.2) is 77.0 Å². The zero-order valence-corrected chi connectivity index (χ0v) is 29.1. The summed E-state index contributed by atoms with van der Waals surface area (Å²) in [6, 6.07) is 14.5. The highest BCUT2D eigenvalue weighted by Gasteiger charge is 2.34. The van der Waals surface area contributed by atoms with Crippen molar-refractivity contribution in [2.24, 2.45) is 0 Å². The fourth-order valence-corrected chi connectivity index (χ4v) is 7.61. The van der Waals surface area contributed by atoms with Gasteiger partial charge in [-0.05, 0) is 119 Å². The van der Waals surface area contributed by atoms with E-state index in [9.17, 15) is 0 Å². The highest BCUT2D eigenvalue weighted by Crippen LogP contribution is 2.46. The molecule has 3 aromatic rings. The summed E-state index contributed by atoms with van der Waals surface area (Å²) in [5, 5.41) is 0. The van der Waals surface area contributed by atoms with Crippen LogP contribution in [0.1, 0.15) is 72.9 Å². The molecule has 0 radical (unpaired) electrons. The molecule has 0 saturated carbocycles. The third-order valence-electron chi connectivity index (χ3n) is 10.0. The first-order valence-electron chi connectivity index (χ1n) is 17.4. The maximum absolute atomic E-state index is 5.67. The monoisotopic (exact) mass is 624 g/mol. The molecule has 6 heteroatoms. The molecule has 0 N–H and O–H groups in total. The van der Waals surface area contributed by atoms with Gasteiger partial charge in [0, 0.05) is 37.6 Å². The molecule has 0 amide bonds.